The Kier molecular flexibility index (Phi) is 4.63. The van der Waals surface area contributed by atoms with Crippen molar-refractivity contribution in [2.24, 2.45) is 5.92 Å². The fourth-order valence-corrected chi connectivity index (χ4v) is 1.10. The molecule has 0 heterocycles. The number of para-hydroxylation sites is 1. The summed E-state index contributed by atoms with van der Waals surface area (Å²) in [5.41, 5.74) is 0.0852. The lowest BCUT2D eigenvalue weighted by Gasteiger charge is -2.08. The van der Waals surface area contributed by atoms with Crippen molar-refractivity contribution >= 4 is 17.5 Å². The number of halogens is 1. The second kappa shape index (κ2) is 5.98. The number of ketones is 1. The lowest BCUT2D eigenvalue weighted by molar-refractivity contribution is -0.120. The van der Waals surface area contributed by atoms with Gasteiger partial charge in [0.15, 0.2) is 5.78 Å². The number of rotatable bonds is 4. The number of carbonyl (C=O) groups is 2. The zero-order valence-electron chi connectivity index (χ0n) is 9.79. The summed E-state index contributed by atoms with van der Waals surface area (Å²) in [5.74, 6) is -0.727. The highest BCUT2D eigenvalue weighted by molar-refractivity contribution is 5.93. The van der Waals surface area contributed by atoms with Crippen LogP contribution in [0, 0.1) is 11.7 Å². The van der Waals surface area contributed by atoms with E-state index in [1.165, 1.54) is 18.2 Å². The van der Waals surface area contributed by atoms with Crippen LogP contribution in [0.5, 0.6) is 0 Å². The maximum absolute atomic E-state index is 13.2. The second-order valence-electron chi connectivity index (χ2n) is 3.91. The Labute approximate surface area is 99.2 Å². The van der Waals surface area contributed by atoms with E-state index in [1.54, 1.807) is 19.9 Å². The summed E-state index contributed by atoms with van der Waals surface area (Å²) in [6, 6.07) is 5.23. The van der Waals surface area contributed by atoms with Crippen molar-refractivity contribution in [2.45, 2.75) is 13.8 Å². The van der Waals surface area contributed by atoms with Gasteiger partial charge >= 0.3 is 6.03 Å². The molecule has 1 rings (SSSR count). The third kappa shape index (κ3) is 4.22. The number of urea groups is 1. The minimum Gasteiger partial charge on any atom is -0.331 e. The van der Waals surface area contributed by atoms with Crippen molar-refractivity contribution in [1.82, 2.24) is 5.32 Å². The standard InChI is InChI=1S/C12H15FN2O2/c1-8(2)11(16)7-14-12(17)15-10-6-4-3-5-9(10)13/h3-6,8H,7H2,1-2H3,(H2,14,15,17). The Morgan fingerprint density at radius 1 is 1.29 bits per heavy atom. The highest BCUT2D eigenvalue weighted by Crippen LogP contribution is 2.11. The van der Waals surface area contributed by atoms with Gasteiger partial charge < -0.3 is 10.6 Å². The van der Waals surface area contributed by atoms with Crippen LogP contribution in [0.1, 0.15) is 13.8 Å². The van der Waals surface area contributed by atoms with E-state index < -0.39 is 11.8 Å². The molecule has 0 saturated heterocycles. The summed E-state index contributed by atoms with van der Waals surface area (Å²) in [5, 5.41) is 4.70. The first-order valence-corrected chi connectivity index (χ1v) is 5.33. The molecule has 0 aromatic heterocycles. The van der Waals surface area contributed by atoms with Crippen molar-refractivity contribution in [3.05, 3.63) is 30.1 Å². The predicted octanol–water partition coefficient (Wildman–Crippen LogP) is 2.17. The Balaban J connectivity index is 2.46. The summed E-state index contributed by atoms with van der Waals surface area (Å²) in [7, 11) is 0. The van der Waals surface area contributed by atoms with Gasteiger partial charge in [0.1, 0.15) is 5.82 Å². The molecule has 0 aliphatic carbocycles. The van der Waals surface area contributed by atoms with E-state index in [-0.39, 0.29) is 23.9 Å². The van der Waals surface area contributed by atoms with Crippen LogP contribution in [0.2, 0.25) is 0 Å². The Morgan fingerprint density at radius 3 is 2.53 bits per heavy atom. The highest BCUT2D eigenvalue weighted by Gasteiger charge is 2.10. The van der Waals surface area contributed by atoms with E-state index in [0.29, 0.717) is 0 Å². The van der Waals surface area contributed by atoms with Gasteiger partial charge in [-0.25, -0.2) is 9.18 Å². The van der Waals surface area contributed by atoms with Crippen LogP contribution in [0.25, 0.3) is 0 Å². The topological polar surface area (TPSA) is 58.2 Å². The fourth-order valence-electron chi connectivity index (χ4n) is 1.10. The smallest absolute Gasteiger partial charge is 0.319 e. The van der Waals surface area contributed by atoms with E-state index in [9.17, 15) is 14.0 Å². The van der Waals surface area contributed by atoms with Crippen molar-refractivity contribution in [2.75, 3.05) is 11.9 Å². The molecule has 0 bridgehead atoms. The van der Waals surface area contributed by atoms with Crippen LogP contribution in [0.4, 0.5) is 14.9 Å². The van der Waals surface area contributed by atoms with E-state index in [4.69, 9.17) is 0 Å². The molecule has 1 aromatic rings. The lowest BCUT2D eigenvalue weighted by Crippen LogP contribution is -2.34. The van der Waals surface area contributed by atoms with Crippen LogP contribution in [-0.2, 0) is 4.79 Å². The molecule has 0 aliphatic rings. The van der Waals surface area contributed by atoms with Crippen molar-refractivity contribution in [3.8, 4) is 0 Å². The molecule has 2 N–H and O–H groups in total. The lowest BCUT2D eigenvalue weighted by atomic mass is 10.1. The third-order valence-corrected chi connectivity index (χ3v) is 2.19. The Hall–Kier alpha value is -1.91. The Bertz CT molecular complexity index is 419. The number of hydrogen-bond acceptors (Lipinski definition) is 2. The molecule has 0 unspecified atom stereocenters. The molecule has 0 spiro atoms. The van der Waals surface area contributed by atoms with Crippen LogP contribution in [0.3, 0.4) is 0 Å². The van der Waals surface area contributed by atoms with Gasteiger partial charge in [0.05, 0.1) is 12.2 Å². The minimum atomic E-state index is -0.593. The summed E-state index contributed by atoms with van der Waals surface area (Å²) >= 11 is 0. The second-order valence-corrected chi connectivity index (χ2v) is 3.91. The van der Waals surface area contributed by atoms with E-state index in [2.05, 4.69) is 10.6 Å². The third-order valence-electron chi connectivity index (χ3n) is 2.19. The minimum absolute atomic E-state index is 0.0576. The van der Waals surface area contributed by atoms with Crippen LogP contribution in [-0.4, -0.2) is 18.4 Å². The maximum Gasteiger partial charge on any atom is 0.319 e. The SMILES string of the molecule is CC(C)C(=O)CNC(=O)Nc1ccccc1F. The molecule has 1 aromatic carbocycles. The summed E-state index contributed by atoms with van der Waals surface area (Å²) in [6.45, 7) is 3.44. The molecular formula is C12H15FN2O2. The molecule has 0 atom stereocenters. The summed E-state index contributed by atoms with van der Waals surface area (Å²) in [6.07, 6.45) is 0. The van der Waals surface area contributed by atoms with E-state index in [0.717, 1.165) is 0 Å². The van der Waals surface area contributed by atoms with Crippen molar-refractivity contribution in [1.29, 1.82) is 0 Å². The average Bonchev–Trinajstić information content (AvgIpc) is 2.29. The van der Waals surface area contributed by atoms with Gasteiger partial charge in [-0.3, -0.25) is 4.79 Å². The van der Waals surface area contributed by atoms with Crippen LogP contribution < -0.4 is 10.6 Å². The van der Waals surface area contributed by atoms with E-state index >= 15 is 0 Å². The maximum atomic E-state index is 13.2. The number of anilines is 1. The number of benzene rings is 1. The molecule has 0 saturated carbocycles. The van der Waals surface area contributed by atoms with Crippen molar-refractivity contribution in [3.63, 3.8) is 0 Å². The van der Waals surface area contributed by atoms with Gasteiger partial charge in [-0.1, -0.05) is 26.0 Å². The number of hydrogen-bond donors (Lipinski definition) is 2. The molecule has 5 heteroatoms. The largest absolute Gasteiger partial charge is 0.331 e. The van der Waals surface area contributed by atoms with Crippen LogP contribution in [0.15, 0.2) is 24.3 Å². The first-order chi connectivity index (χ1) is 8.00. The van der Waals surface area contributed by atoms with Gasteiger partial charge in [0.2, 0.25) is 0 Å². The molecular weight excluding hydrogens is 223 g/mol. The summed E-state index contributed by atoms with van der Waals surface area (Å²) < 4.78 is 13.2. The first kappa shape index (κ1) is 13.2. The van der Waals surface area contributed by atoms with Crippen LogP contribution >= 0.6 is 0 Å². The zero-order valence-corrected chi connectivity index (χ0v) is 9.79. The summed E-state index contributed by atoms with van der Waals surface area (Å²) in [4.78, 5) is 22.6. The van der Waals surface area contributed by atoms with E-state index in [1.807, 2.05) is 0 Å². The van der Waals surface area contributed by atoms with Gasteiger partial charge in [0, 0.05) is 5.92 Å². The van der Waals surface area contributed by atoms with Gasteiger partial charge in [-0.2, -0.15) is 0 Å². The highest BCUT2D eigenvalue weighted by atomic mass is 19.1. The predicted molar refractivity (Wildman–Crippen MR) is 63.3 cm³/mol. The van der Waals surface area contributed by atoms with Crippen molar-refractivity contribution < 1.29 is 14.0 Å². The van der Waals surface area contributed by atoms with Gasteiger partial charge in [-0.15, -0.1) is 0 Å². The number of carbonyl (C=O) groups excluding carboxylic acids is 2. The monoisotopic (exact) mass is 238 g/mol. The zero-order chi connectivity index (χ0) is 12.8. The average molecular weight is 238 g/mol. The first-order valence-electron chi connectivity index (χ1n) is 5.33. The van der Waals surface area contributed by atoms with Gasteiger partial charge in [-0.05, 0) is 12.1 Å². The number of amides is 2. The molecule has 0 radical (unpaired) electrons. The molecule has 0 aliphatic heterocycles. The molecule has 17 heavy (non-hydrogen) atoms. The Morgan fingerprint density at radius 2 is 1.94 bits per heavy atom. The molecule has 0 fully saturated rings. The molecule has 2 amide bonds. The number of Topliss-reactive ketones (excluding diaryl/α,β-unsaturated/α-hetero) is 1. The fraction of sp³-hybridized carbons (Fsp3) is 0.333. The number of nitrogens with one attached hydrogen (secondary N) is 2. The van der Waals surface area contributed by atoms with Gasteiger partial charge in [0.25, 0.3) is 0 Å². The quantitative estimate of drug-likeness (QED) is 0.844. The molecule has 4 nitrogen and oxygen atoms in total. The normalized spacial score (nSPS) is 10.1. The molecule has 92 valence electrons.